The van der Waals surface area contributed by atoms with Crippen LogP contribution in [0.25, 0.3) is 0 Å². The highest BCUT2D eigenvalue weighted by molar-refractivity contribution is 4.90. The molecule has 1 heterocycles. The maximum Gasteiger partial charge on any atom is 0.257 e. The largest absolute Gasteiger partial charge is 0.257 e. The van der Waals surface area contributed by atoms with Crippen molar-refractivity contribution in [3.05, 3.63) is 18.2 Å². The number of H-pyrrole nitrogens is 1. The molecule has 176 valence electrons. The summed E-state index contributed by atoms with van der Waals surface area (Å²) >= 11 is 0. The Hall–Kier alpha value is -0.790. The molecule has 0 saturated carbocycles. The molecule has 0 fully saturated rings. The van der Waals surface area contributed by atoms with E-state index in [1.54, 1.807) is 0 Å². The van der Waals surface area contributed by atoms with Crippen LogP contribution in [-0.2, 0) is 6.54 Å². The van der Waals surface area contributed by atoms with Gasteiger partial charge >= 0.3 is 0 Å². The van der Waals surface area contributed by atoms with E-state index in [1.807, 2.05) is 0 Å². The minimum absolute atomic E-state index is 0.731. The molecule has 2 nitrogen and oxygen atoms in total. The minimum atomic E-state index is 0.731. The van der Waals surface area contributed by atoms with E-state index in [0.29, 0.717) is 0 Å². The summed E-state index contributed by atoms with van der Waals surface area (Å²) in [7, 11) is 0. The summed E-state index contributed by atoms with van der Waals surface area (Å²) in [4.78, 5) is 3.58. The number of imidazole rings is 1. The van der Waals surface area contributed by atoms with Gasteiger partial charge in [0.1, 0.15) is 12.4 Å². The molecule has 0 aliphatic carbocycles. The standard InChI is InChI=1S/C28H54N2/c1-4-7-9-11-13-15-17-19-21-23-27(28-29-25-26-30(28)6-3)24-22-20-18-16-14-12-10-8-5-2/h25-27H,4-24H2,1-3H3/p+1. The molecule has 1 aromatic rings. The minimum Gasteiger partial charge on any atom is -0.247 e. The van der Waals surface area contributed by atoms with Gasteiger partial charge in [0.2, 0.25) is 0 Å². The van der Waals surface area contributed by atoms with Crippen LogP contribution < -0.4 is 4.57 Å². The van der Waals surface area contributed by atoms with Crippen LogP contribution in [0.4, 0.5) is 0 Å². The van der Waals surface area contributed by atoms with Crippen molar-refractivity contribution in [2.45, 2.75) is 162 Å². The van der Waals surface area contributed by atoms with Crippen molar-refractivity contribution in [2.75, 3.05) is 0 Å². The summed E-state index contributed by atoms with van der Waals surface area (Å²) in [5.74, 6) is 2.21. The highest BCUT2D eigenvalue weighted by atomic mass is 15.1. The number of aromatic nitrogens is 2. The zero-order valence-electron chi connectivity index (χ0n) is 21.0. The normalized spacial score (nSPS) is 11.6. The van der Waals surface area contributed by atoms with E-state index in [0.717, 1.165) is 12.5 Å². The number of unbranched alkanes of at least 4 members (excludes halogenated alkanes) is 16. The topological polar surface area (TPSA) is 19.7 Å². The smallest absolute Gasteiger partial charge is 0.247 e. The van der Waals surface area contributed by atoms with Gasteiger partial charge in [-0.15, -0.1) is 0 Å². The van der Waals surface area contributed by atoms with Crippen molar-refractivity contribution in [2.24, 2.45) is 0 Å². The molecule has 0 atom stereocenters. The fourth-order valence-corrected chi connectivity index (χ4v) is 4.82. The Balaban J connectivity index is 2.21. The Morgan fingerprint density at radius 1 is 0.600 bits per heavy atom. The van der Waals surface area contributed by atoms with Gasteiger partial charge in [0.25, 0.3) is 5.82 Å². The summed E-state index contributed by atoms with van der Waals surface area (Å²) < 4.78 is 2.44. The molecule has 0 unspecified atom stereocenters. The molecule has 1 aromatic heterocycles. The van der Waals surface area contributed by atoms with Crippen LogP contribution in [0, 0.1) is 0 Å². The molecular weight excluding hydrogens is 364 g/mol. The Kier molecular flexibility index (Phi) is 18.3. The monoisotopic (exact) mass is 419 g/mol. The summed E-state index contributed by atoms with van der Waals surface area (Å²) in [5.41, 5.74) is 0. The first-order chi connectivity index (χ1) is 14.8. The van der Waals surface area contributed by atoms with Crippen LogP contribution in [0.5, 0.6) is 0 Å². The molecule has 0 amide bonds. The van der Waals surface area contributed by atoms with Crippen molar-refractivity contribution in [1.29, 1.82) is 0 Å². The second-order valence-corrected chi connectivity index (χ2v) is 9.56. The number of aromatic amines is 1. The van der Waals surface area contributed by atoms with Crippen LogP contribution in [-0.4, -0.2) is 4.98 Å². The van der Waals surface area contributed by atoms with Crippen molar-refractivity contribution in [1.82, 2.24) is 4.98 Å². The fraction of sp³-hybridized carbons (Fsp3) is 0.893. The molecule has 2 heteroatoms. The number of aryl methyl sites for hydroxylation is 1. The van der Waals surface area contributed by atoms with E-state index in [4.69, 9.17) is 0 Å². The second-order valence-electron chi connectivity index (χ2n) is 9.56. The highest BCUT2D eigenvalue weighted by Crippen LogP contribution is 2.26. The molecular formula is C28H55N2+. The molecule has 0 saturated heterocycles. The predicted octanol–water partition coefficient (Wildman–Crippen LogP) is 9.25. The van der Waals surface area contributed by atoms with E-state index in [1.165, 1.54) is 134 Å². The van der Waals surface area contributed by atoms with Gasteiger partial charge in [-0.05, 0) is 19.8 Å². The van der Waals surface area contributed by atoms with Crippen molar-refractivity contribution in [3.8, 4) is 0 Å². The fourth-order valence-electron chi connectivity index (χ4n) is 4.82. The first-order valence-electron chi connectivity index (χ1n) is 13.9. The quantitative estimate of drug-likeness (QED) is 0.143. The lowest BCUT2D eigenvalue weighted by Crippen LogP contribution is -2.36. The summed E-state index contributed by atoms with van der Waals surface area (Å²) in [6, 6.07) is 0. The van der Waals surface area contributed by atoms with E-state index < -0.39 is 0 Å². The highest BCUT2D eigenvalue weighted by Gasteiger charge is 2.21. The Morgan fingerprint density at radius 3 is 1.40 bits per heavy atom. The lowest BCUT2D eigenvalue weighted by atomic mass is 9.93. The third-order valence-corrected chi connectivity index (χ3v) is 6.83. The molecule has 1 N–H and O–H groups in total. The zero-order chi connectivity index (χ0) is 21.7. The maximum atomic E-state index is 3.58. The van der Waals surface area contributed by atoms with Gasteiger partial charge in [0, 0.05) is 0 Å². The molecule has 0 aromatic carbocycles. The summed E-state index contributed by atoms with van der Waals surface area (Å²) in [5, 5.41) is 0. The molecule has 0 radical (unpaired) electrons. The van der Waals surface area contributed by atoms with Crippen molar-refractivity contribution in [3.63, 3.8) is 0 Å². The van der Waals surface area contributed by atoms with Crippen LogP contribution in [0.15, 0.2) is 12.4 Å². The molecule has 0 aliphatic heterocycles. The van der Waals surface area contributed by atoms with Crippen molar-refractivity contribution < 1.29 is 4.57 Å². The molecule has 0 aliphatic rings. The lowest BCUT2D eigenvalue weighted by Gasteiger charge is -2.14. The van der Waals surface area contributed by atoms with Crippen LogP contribution in [0.2, 0.25) is 0 Å². The van der Waals surface area contributed by atoms with Crippen LogP contribution in [0.3, 0.4) is 0 Å². The average Bonchev–Trinajstić information content (AvgIpc) is 3.24. The van der Waals surface area contributed by atoms with Crippen LogP contribution in [0.1, 0.15) is 161 Å². The zero-order valence-corrected chi connectivity index (χ0v) is 21.0. The Bertz CT molecular complexity index is 443. The number of hydrogen-bond donors (Lipinski definition) is 1. The van der Waals surface area contributed by atoms with Crippen molar-refractivity contribution >= 4 is 0 Å². The second kappa shape index (κ2) is 20.1. The third kappa shape index (κ3) is 13.5. The van der Waals surface area contributed by atoms with Gasteiger partial charge in [-0.3, -0.25) is 0 Å². The van der Waals surface area contributed by atoms with E-state index >= 15 is 0 Å². The first kappa shape index (κ1) is 27.2. The van der Waals surface area contributed by atoms with Gasteiger partial charge in [-0.1, -0.05) is 129 Å². The lowest BCUT2D eigenvalue weighted by molar-refractivity contribution is -0.701. The van der Waals surface area contributed by atoms with Gasteiger partial charge in [0.05, 0.1) is 12.5 Å². The molecule has 0 bridgehead atoms. The van der Waals surface area contributed by atoms with Gasteiger partial charge in [-0.25, -0.2) is 9.55 Å². The third-order valence-electron chi connectivity index (χ3n) is 6.83. The SMILES string of the molecule is CCCCCCCCCCCC(CCCCCCCCCCC)c1[nH]cc[n+]1CC. The van der Waals surface area contributed by atoms with Crippen LogP contribution >= 0.6 is 0 Å². The Labute approximate surface area is 189 Å². The average molecular weight is 420 g/mol. The van der Waals surface area contributed by atoms with E-state index in [-0.39, 0.29) is 0 Å². The number of rotatable bonds is 22. The molecule has 0 spiro atoms. The van der Waals surface area contributed by atoms with Gasteiger partial charge in [-0.2, -0.15) is 0 Å². The summed E-state index contributed by atoms with van der Waals surface area (Å²) in [6.45, 7) is 7.96. The number of nitrogens with zero attached hydrogens (tertiary/aromatic N) is 1. The molecule has 1 rings (SSSR count). The Morgan fingerprint density at radius 2 is 1.00 bits per heavy atom. The summed E-state index contributed by atoms with van der Waals surface area (Å²) in [6.07, 6.45) is 32.8. The van der Waals surface area contributed by atoms with E-state index in [2.05, 4.69) is 42.7 Å². The predicted molar refractivity (Wildman–Crippen MR) is 133 cm³/mol. The number of hydrogen-bond acceptors (Lipinski definition) is 0. The van der Waals surface area contributed by atoms with Gasteiger partial charge in [0.15, 0.2) is 0 Å². The first-order valence-corrected chi connectivity index (χ1v) is 13.9. The maximum absolute atomic E-state index is 3.58. The van der Waals surface area contributed by atoms with Gasteiger partial charge < -0.3 is 0 Å². The molecule has 30 heavy (non-hydrogen) atoms. The number of nitrogens with one attached hydrogen (secondary N) is 1. The van der Waals surface area contributed by atoms with E-state index in [9.17, 15) is 0 Å².